The lowest BCUT2D eigenvalue weighted by Crippen LogP contribution is -2.49. The Bertz CT molecular complexity index is 813. The SMILES string of the molecule is CCc1cc2c(cc1Cl)c(-c1ccccc1)o[n+]2C(C)(C)C. The highest BCUT2D eigenvalue weighted by atomic mass is 35.5. The monoisotopic (exact) mass is 314 g/mol. The molecule has 3 heteroatoms. The molecular weight excluding hydrogens is 294 g/mol. The van der Waals surface area contributed by atoms with Crippen LogP contribution in [-0.4, -0.2) is 0 Å². The molecule has 3 rings (SSSR count). The molecule has 1 aromatic heterocycles. The Morgan fingerprint density at radius 2 is 1.77 bits per heavy atom. The van der Waals surface area contributed by atoms with Gasteiger partial charge in [-0.3, -0.25) is 0 Å². The van der Waals surface area contributed by atoms with Gasteiger partial charge < -0.3 is 0 Å². The highest BCUT2D eigenvalue weighted by Crippen LogP contribution is 2.33. The van der Waals surface area contributed by atoms with E-state index in [4.69, 9.17) is 16.1 Å². The van der Waals surface area contributed by atoms with Crippen molar-refractivity contribution in [3.8, 4) is 11.3 Å². The second kappa shape index (κ2) is 5.44. The van der Waals surface area contributed by atoms with Crippen molar-refractivity contribution in [1.29, 1.82) is 0 Å². The molecule has 0 aliphatic heterocycles. The average Bonchev–Trinajstić information content (AvgIpc) is 2.85. The molecule has 2 nitrogen and oxygen atoms in total. The van der Waals surface area contributed by atoms with Crippen molar-refractivity contribution in [2.45, 2.75) is 39.7 Å². The summed E-state index contributed by atoms with van der Waals surface area (Å²) < 4.78 is 8.21. The maximum absolute atomic E-state index is 6.44. The van der Waals surface area contributed by atoms with Gasteiger partial charge in [-0.05, 0) is 22.8 Å². The van der Waals surface area contributed by atoms with E-state index in [9.17, 15) is 0 Å². The Morgan fingerprint density at radius 3 is 2.36 bits per heavy atom. The molecule has 0 unspecified atom stereocenters. The molecule has 0 saturated carbocycles. The van der Waals surface area contributed by atoms with Gasteiger partial charge in [-0.2, -0.15) is 0 Å². The summed E-state index contributed by atoms with van der Waals surface area (Å²) in [5.74, 6) is 0.870. The van der Waals surface area contributed by atoms with Gasteiger partial charge in [0.15, 0.2) is 0 Å². The highest BCUT2D eigenvalue weighted by molar-refractivity contribution is 6.32. The maximum atomic E-state index is 6.44. The van der Waals surface area contributed by atoms with E-state index in [-0.39, 0.29) is 5.54 Å². The molecule has 0 aliphatic carbocycles. The number of rotatable bonds is 2. The third-order valence-electron chi connectivity index (χ3n) is 3.84. The highest BCUT2D eigenvalue weighted by Gasteiger charge is 2.33. The minimum Gasteiger partial charge on any atom is -0.234 e. The first kappa shape index (κ1) is 15.1. The van der Waals surface area contributed by atoms with Gasteiger partial charge in [-0.25, -0.2) is 4.52 Å². The Kier molecular flexibility index (Phi) is 3.73. The van der Waals surface area contributed by atoms with E-state index in [0.717, 1.165) is 39.2 Å². The van der Waals surface area contributed by atoms with Crippen LogP contribution in [0.5, 0.6) is 0 Å². The number of fused-ring (bicyclic) bond motifs is 1. The summed E-state index contributed by atoms with van der Waals surface area (Å²) in [7, 11) is 0. The lowest BCUT2D eigenvalue weighted by atomic mass is 10.0. The van der Waals surface area contributed by atoms with Gasteiger partial charge in [0.05, 0.1) is 0 Å². The molecule has 0 aliphatic rings. The molecule has 2 aromatic carbocycles. The van der Waals surface area contributed by atoms with E-state index in [1.54, 1.807) is 0 Å². The van der Waals surface area contributed by atoms with Crippen LogP contribution >= 0.6 is 11.6 Å². The van der Waals surface area contributed by atoms with E-state index in [2.05, 4.69) is 45.9 Å². The van der Waals surface area contributed by atoms with Crippen LogP contribution < -0.4 is 4.74 Å². The van der Waals surface area contributed by atoms with Crippen LogP contribution in [-0.2, 0) is 12.0 Å². The van der Waals surface area contributed by atoms with Crippen LogP contribution in [0.2, 0.25) is 5.02 Å². The van der Waals surface area contributed by atoms with Crippen LogP contribution in [0.25, 0.3) is 22.2 Å². The molecule has 0 atom stereocenters. The smallest absolute Gasteiger partial charge is 0.234 e. The van der Waals surface area contributed by atoms with Crippen molar-refractivity contribution in [2.75, 3.05) is 0 Å². The minimum absolute atomic E-state index is 0.135. The van der Waals surface area contributed by atoms with E-state index >= 15 is 0 Å². The van der Waals surface area contributed by atoms with Crippen LogP contribution in [0.3, 0.4) is 0 Å². The van der Waals surface area contributed by atoms with Gasteiger partial charge in [-0.1, -0.05) is 48.9 Å². The molecule has 0 radical (unpaired) electrons. The topological polar surface area (TPSA) is 17.0 Å². The Morgan fingerprint density at radius 1 is 1.09 bits per heavy atom. The minimum atomic E-state index is -0.135. The summed E-state index contributed by atoms with van der Waals surface area (Å²) >= 11 is 6.44. The van der Waals surface area contributed by atoms with Crippen molar-refractivity contribution in [3.05, 3.63) is 53.1 Å². The zero-order chi connectivity index (χ0) is 15.9. The van der Waals surface area contributed by atoms with Crippen molar-refractivity contribution in [2.24, 2.45) is 0 Å². The van der Waals surface area contributed by atoms with Gasteiger partial charge in [0.2, 0.25) is 11.3 Å². The van der Waals surface area contributed by atoms with E-state index in [0.29, 0.717) is 0 Å². The fraction of sp³-hybridized carbons (Fsp3) is 0.316. The molecule has 22 heavy (non-hydrogen) atoms. The van der Waals surface area contributed by atoms with Crippen LogP contribution in [0.4, 0.5) is 0 Å². The standard InChI is InChI=1S/C19H21ClNO/c1-5-13-11-17-15(12-16(13)20)18(14-9-7-6-8-10-14)22-21(17)19(2,3)4/h6-12H,5H2,1-4H3/q+1. The molecule has 0 spiro atoms. The zero-order valence-corrected chi connectivity index (χ0v) is 14.2. The van der Waals surface area contributed by atoms with Gasteiger partial charge in [0.25, 0.3) is 5.52 Å². The van der Waals surface area contributed by atoms with Gasteiger partial charge in [0, 0.05) is 37.4 Å². The summed E-state index contributed by atoms with van der Waals surface area (Å²) in [4.78, 5) is 0. The molecule has 0 amide bonds. The molecule has 1 heterocycles. The van der Waals surface area contributed by atoms with Crippen molar-refractivity contribution in [1.82, 2.24) is 0 Å². The second-order valence-corrected chi connectivity index (χ2v) is 6.97. The number of hydrogen-bond acceptors (Lipinski definition) is 1. The first-order valence-corrected chi connectivity index (χ1v) is 8.03. The Hall–Kier alpha value is -1.80. The van der Waals surface area contributed by atoms with E-state index in [1.807, 2.05) is 29.0 Å². The summed E-state index contributed by atoms with van der Waals surface area (Å²) in [6.45, 7) is 8.55. The van der Waals surface area contributed by atoms with Crippen molar-refractivity contribution < 1.29 is 9.26 Å². The lowest BCUT2D eigenvalue weighted by Gasteiger charge is -2.07. The van der Waals surface area contributed by atoms with Gasteiger partial charge >= 0.3 is 0 Å². The van der Waals surface area contributed by atoms with E-state index < -0.39 is 0 Å². The fourth-order valence-corrected chi connectivity index (χ4v) is 3.01. The molecule has 0 bridgehead atoms. The summed E-state index contributed by atoms with van der Waals surface area (Å²) in [5.41, 5.74) is 3.17. The third kappa shape index (κ3) is 2.52. The Balaban J connectivity index is 2.37. The first-order chi connectivity index (χ1) is 10.4. The predicted octanol–water partition coefficient (Wildman–Crippen LogP) is 5.36. The van der Waals surface area contributed by atoms with Crippen molar-refractivity contribution >= 4 is 22.5 Å². The lowest BCUT2D eigenvalue weighted by molar-refractivity contribution is -0.886. The predicted molar refractivity (Wildman–Crippen MR) is 91.2 cm³/mol. The van der Waals surface area contributed by atoms with Crippen LogP contribution in [0, 0.1) is 0 Å². The quantitative estimate of drug-likeness (QED) is 0.582. The number of aromatic nitrogens is 1. The van der Waals surface area contributed by atoms with Crippen molar-refractivity contribution in [3.63, 3.8) is 0 Å². The third-order valence-corrected chi connectivity index (χ3v) is 4.19. The average molecular weight is 315 g/mol. The Labute approximate surface area is 136 Å². The van der Waals surface area contributed by atoms with Gasteiger partial charge in [0.1, 0.15) is 5.39 Å². The number of hydrogen-bond donors (Lipinski definition) is 0. The number of aryl methyl sites for hydroxylation is 1. The normalized spacial score (nSPS) is 12.0. The maximum Gasteiger partial charge on any atom is 0.263 e. The van der Waals surface area contributed by atoms with Crippen LogP contribution in [0.15, 0.2) is 47.0 Å². The van der Waals surface area contributed by atoms with Crippen LogP contribution in [0.1, 0.15) is 33.3 Å². The number of benzene rings is 2. The zero-order valence-electron chi connectivity index (χ0n) is 13.5. The molecule has 114 valence electrons. The molecule has 0 fully saturated rings. The van der Waals surface area contributed by atoms with Gasteiger partial charge in [-0.15, -0.1) is 0 Å². The number of halogens is 1. The largest absolute Gasteiger partial charge is 0.263 e. The summed E-state index contributed by atoms with van der Waals surface area (Å²) in [6, 6.07) is 14.4. The number of nitrogens with zero attached hydrogens (tertiary/aromatic N) is 1. The first-order valence-electron chi connectivity index (χ1n) is 7.65. The van der Waals surface area contributed by atoms with E-state index in [1.165, 1.54) is 0 Å². The fourth-order valence-electron chi connectivity index (χ4n) is 2.71. The molecular formula is C19H21ClNO+. The molecule has 3 aromatic rings. The summed E-state index contributed by atoms with van der Waals surface area (Å²) in [5, 5.41) is 1.86. The second-order valence-electron chi connectivity index (χ2n) is 6.57. The molecule has 0 N–H and O–H groups in total. The molecule has 0 saturated heterocycles. The summed E-state index contributed by atoms with van der Waals surface area (Å²) in [6.07, 6.45) is 0.908.